The van der Waals surface area contributed by atoms with E-state index in [2.05, 4.69) is 31.3 Å². The van der Waals surface area contributed by atoms with Gasteiger partial charge in [-0.15, -0.1) is 0 Å². The number of carbonyl (C=O) groups is 1. The molecule has 0 saturated carbocycles. The highest BCUT2D eigenvalue weighted by Gasteiger charge is 2.44. The second-order valence-corrected chi connectivity index (χ2v) is 16.6. The van der Waals surface area contributed by atoms with Gasteiger partial charge in [-0.1, -0.05) is 187 Å². The van der Waals surface area contributed by atoms with Crippen LogP contribution in [0.2, 0.25) is 0 Å². The first-order valence-electron chi connectivity index (χ1n) is 23.4. The quantitative estimate of drug-likeness (QED) is 0.0267. The maximum atomic E-state index is 12.9. The van der Waals surface area contributed by atoms with Gasteiger partial charge in [0.1, 0.15) is 24.4 Å². The zero-order valence-corrected chi connectivity index (χ0v) is 35.7. The number of aliphatic hydroxyl groups excluding tert-OH is 5. The molecule has 1 aliphatic rings. The van der Waals surface area contributed by atoms with Crippen molar-refractivity contribution in [3.63, 3.8) is 0 Å². The molecule has 0 spiro atoms. The Morgan fingerprint density at radius 2 is 1.02 bits per heavy atom. The summed E-state index contributed by atoms with van der Waals surface area (Å²) in [5.41, 5.74) is 0. The van der Waals surface area contributed by atoms with Crippen molar-refractivity contribution in [3.05, 3.63) is 12.2 Å². The largest absolute Gasteiger partial charge is 0.394 e. The van der Waals surface area contributed by atoms with Crippen molar-refractivity contribution in [1.82, 2.24) is 5.32 Å². The van der Waals surface area contributed by atoms with Gasteiger partial charge in [0.15, 0.2) is 6.29 Å². The molecule has 0 aromatic heterocycles. The molecule has 9 heteroatoms. The smallest absolute Gasteiger partial charge is 0.220 e. The highest BCUT2D eigenvalue weighted by Crippen LogP contribution is 2.23. The monoisotopic (exact) mass is 784 g/mol. The van der Waals surface area contributed by atoms with Crippen LogP contribution in [0.4, 0.5) is 0 Å². The number of rotatable bonds is 39. The maximum Gasteiger partial charge on any atom is 0.220 e. The van der Waals surface area contributed by atoms with Crippen LogP contribution in [0, 0.1) is 0 Å². The first-order valence-corrected chi connectivity index (χ1v) is 23.4. The number of amides is 1. The Balaban J connectivity index is 2.07. The van der Waals surface area contributed by atoms with E-state index in [1.807, 2.05) is 0 Å². The third-order valence-electron chi connectivity index (χ3n) is 11.4. The second kappa shape index (κ2) is 37.2. The van der Waals surface area contributed by atoms with Crippen LogP contribution >= 0.6 is 0 Å². The first-order chi connectivity index (χ1) is 26.8. The molecule has 7 unspecified atom stereocenters. The van der Waals surface area contributed by atoms with Crippen LogP contribution in [-0.4, -0.2) is 87.5 Å². The Bertz CT molecular complexity index is 873. The highest BCUT2D eigenvalue weighted by atomic mass is 16.7. The minimum absolute atomic E-state index is 0.137. The second-order valence-electron chi connectivity index (χ2n) is 16.6. The molecule has 326 valence electrons. The number of aliphatic hydroxyl groups is 5. The van der Waals surface area contributed by atoms with E-state index in [1.54, 1.807) is 0 Å². The van der Waals surface area contributed by atoms with Crippen LogP contribution in [0.5, 0.6) is 0 Å². The molecule has 6 N–H and O–H groups in total. The van der Waals surface area contributed by atoms with E-state index in [1.165, 1.54) is 141 Å². The number of allylic oxidation sites excluding steroid dienone is 2. The van der Waals surface area contributed by atoms with Gasteiger partial charge in [-0.25, -0.2) is 0 Å². The molecule has 7 atom stereocenters. The Hall–Kier alpha value is -1.07. The van der Waals surface area contributed by atoms with Gasteiger partial charge >= 0.3 is 0 Å². The number of nitrogens with one attached hydrogen (secondary N) is 1. The lowest BCUT2D eigenvalue weighted by molar-refractivity contribution is -0.302. The van der Waals surface area contributed by atoms with Gasteiger partial charge in [-0.05, 0) is 38.5 Å². The zero-order valence-electron chi connectivity index (χ0n) is 35.7. The molecule has 0 aromatic carbocycles. The number of hydrogen-bond donors (Lipinski definition) is 6. The molecule has 1 heterocycles. The lowest BCUT2D eigenvalue weighted by Crippen LogP contribution is -2.60. The SMILES string of the molecule is CCCCCCCCCC/C=C\CCCCCCCCCCCCCCCCCC(=O)NC(COC1OC(CO)C(O)C(O)C1O)C(O)CCCCCCC. The molecule has 1 amide bonds. The molecule has 1 aliphatic heterocycles. The van der Waals surface area contributed by atoms with E-state index in [0.29, 0.717) is 12.8 Å². The fourth-order valence-electron chi connectivity index (χ4n) is 7.57. The Morgan fingerprint density at radius 1 is 0.600 bits per heavy atom. The van der Waals surface area contributed by atoms with Crippen LogP contribution < -0.4 is 5.32 Å². The fraction of sp³-hybridized carbons (Fsp3) is 0.935. The summed E-state index contributed by atoms with van der Waals surface area (Å²) in [6.45, 7) is 3.75. The Morgan fingerprint density at radius 3 is 1.47 bits per heavy atom. The third-order valence-corrected chi connectivity index (χ3v) is 11.4. The minimum atomic E-state index is -1.55. The molecule has 0 aromatic rings. The van der Waals surface area contributed by atoms with Crippen molar-refractivity contribution in [3.8, 4) is 0 Å². The van der Waals surface area contributed by atoms with Crippen molar-refractivity contribution in [2.45, 2.75) is 262 Å². The van der Waals surface area contributed by atoms with Gasteiger partial charge in [0.2, 0.25) is 5.91 Å². The lowest BCUT2D eigenvalue weighted by atomic mass is 9.99. The van der Waals surface area contributed by atoms with Crippen molar-refractivity contribution >= 4 is 5.91 Å². The van der Waals surface area contributed by atoms with E-state index in [-0.39, 0.29) is 12.5 Å². The summed E-state index contributed by atoms with van der Waals surface area (Å²) >= 11 is 0. The van der Waals surface area contributed by atoms with Gasteiger partial charge in [0.25, 0.3) is 0 Å². The normalized spacial score (nSPS) is 21.3. The molecule has 1 rings (SSSR count). The van der Waals surface area contributed by atoms with Crippen LogP contribution in [-0.2, 0) is 14.3 Å². The highest BCUT2D eigenvalue weighted by molar-refractivity contribution is 5.76. The zero-order chi connectivity index (χ0) is 40.2. The number of hydrogen-bond acceptors (Lipinski definition) is 8. The third kappa shape index (κ3) is 28.1. The summed E-state index contributed by atoms with van der Waals surface area (Å²) in [4.78, 5) is 12.9. The predicted molar refractivity (Wildman–Crippen MR) is 226 cm³/mol. The summed E-state index contributed by atoms with van der Waals surface area (Å²) in [7, 11) is 0. The van der Waals surface area contributed by atoms with Crippen molar-refractivity contribution in [2.75, 3.05) is 13.2 Å². The number of ether oxygens (including phenoxy) is 2. The summed E-state index contributed by atoms with van der Waals surface area (Å²) in [5.74, 6) is -0.149. The van der Waals surface area contributed by atoms with Gasteiger partial charge in [0.05, 0.1) is 25.4 Å². The molecular weight excluding hydrogens is 695 g/mol. The maximum absolute atomic E-state index is 12.9. The van der Waals surface area contributed by atoms with Crippen molar-refractivity contribution in [2.24, 2.45) is 0 Å². The van der Waals surface area contributed by atoms with Crippen molar-refractivity contribution in [1.29, 1.82) is 0 Å². The van der Waals surface area contributed by atoms with Crippen molar-refractivity contribution < 1.29 is 39.8 Å². The summed E-state index contributed by atoms with van der Waals surface area (Å²) in [6.07, 6.45) is 35.8. The molecular formula is C46H89NO8. The average Bonchev–Trinajstić information content (AvgIpc) is 3.18. The molecule has 0 bridgehead atoms. The molecule has 9 nitrogen and oxygen atoms in total. The van der Waals surface area contributed by atoms with E-state index >= 15 is 0 Å². The van der Waals surface area contributed by atoms with Crippen LogP contribution in [0.25, 0.3) is 0 Å². The minimum Gasteiger partial charge on any atom is -0.394 e. The number of carbonyl (C=O) groups excluding carboxylic acids is 1. The predicted octanol–water partition coefficient (Wildman–Crippen LogP) is 9.73. The number of unbranched alkanes of at least 4 members (excludes halogenated alkanes) is 27. The van der Waals surface area contributed by atoms with Gasteiger partial charge in [-0.3, -0.25) is 4.79 Å². The van der Waals surface area contributed by atoms with Crippen LogP contribution in [0.3, 0.4) is 0 Å². The lowest BCUT2D eigenvalue weighted by Gasteiger charge is -2.40. The summed E-state index contributed by atoms with van der Waals surface area (Å²) in [6, 6.07) is -0.711. The van der Waals surface area contributed by atoms with Gasteiger partial charge in [0, 0.05) is 6.42 Å². The topological polar surface area (TPSA) is 149 Å². The Kier molecular flexibility index (Phi) is 35.2. The van der Waals surface area contributed by atoms with E-state index in [9.17, 15) is 30.3 Å². The Labute approximate surface area is 337 Å². The van der Waals surface area contributed by atoms with Crippen LogP contribution in [0.15, 0.2) is 12.2 Å². The molecule has 1 saturated heterocycles. The molecule has 1 fully saturated rings. The molecule has 0 aliphatic carbocycles. The van der Waals surface area contributed by atoms with E-state index in [0.717, 1.165) is 51.4 Å². The molecule has 0 radical (unpaired) electrons. The summed E-state index contributed by atoms with van der Waals surface area (Å²) in [5, 5.41) is 53.8. The molecule has 55 heavy (non-hydrogen) atoms. The van der Waals surface area contributed by atoms with Gasteiger partial charge in [-0.2, -0.15) is 0 Å². The van der Waals surface area contributed by atoms with E-state index in [4.69, 9.17) is 9.47 Å². The first kappa shape index (κ1) is 51.9. The summed E-state index contributed by atoms with van der Waals surface area (Å²) < 4.78 is 11.2. The van der Waals surface area contributed by atoms with E-state index < -0.39 is 49.5 Å². The van der Waals surface area contributed by atoms with Crippen LogP contribution in [0.1, 0.15) is 219 Å². The van der Waals surface area contributed by atoms with Gasteiger partial charge < -0.3 is 40.3 Å². The standard InChI is InChI=1S/C46H89NO8/c1-3-5-7-9-10-11-12-13-14-15-16-17-18-19-20-21-22-23-24-25-26-27-28-29-30-32-34-36-42(50)47-39(40(49)35-33-31-8-6-4-2)38-54-46-45(53)44(52)43(51)41(37-48)55-46/h15-16,39-41,43-46,48-49,51-53H,3-14,17-38H2,1-2H3,(H,47,50)/b16-15-. The fourth-order valence-corrected chi connectivity index (χ4v) is 7.57. The average molecular weight is 784 g/mol.